The molecule has 86 valence electrons. The highest BCUT2D eigenvalue weighted by Crippen LogP contribution is 2.38. The smallest absolute Gasteiger partial charge is 0.451 e. The second-order valence-electron chi connectivity index (χ2n) is 4.32. The van der Waals surface area contributed by atoms with E-state index in [2.05, 4.69) is 0 Å². The minimum atomic E-state index is -1.30. The number of hydrogen-bond donors (Lipinski definition) is 4. The van der Waals surface area contributed by atoms with E-state index in [1.54, 1.807) is 0 Å². The number of hydrogen-bond acceptors (Lipinski definition) is 4. The van der Waals surface area contributed by atoms with Crippen LogP contribution in [0.1, 0.15) is 19.3 Å². The Morgan fingerprint density at radius 3 is 2.40 bits per heavy atom. The first-order valence-electron chi connectivity index (χ1n) is 5.33. The van der Waals surface area contributed by atoms with Crippen molar-refractivity contribution in [1.82, 2.24) is 0 Å². The van der Waals surface area contributed by atoms with Gasteiger partial charge >= 0.3 is 13.1 Å². The van der Waals surface area contributed by atoms with E-state index >= 15 is 0 Å². The maximum atomic E-state index is 10.8. The van der Waals surface area contributed by atoms with Crippen LogP contribution in [0.3, 0.4) is 0 Å². The van der Waals surface area contributed by atoms with Crippen LogP contribution in [-0.2, 0) is 4.79 Å². The first-order chi connectivity index (χ1) is 7.04. The summed E-state index contributed by atoms with van der Waals surface area (Å²) < 4.78 is 0. The van der Waals surface area contributed by atoms with Crippen molar-refractivity contribution in [1.29, 1.82) is 0 Å². The summed E-state index contributed by atoms with van der Waals surface area (Å²) in [4.78, 5) is 10.8. The van der Waals surface area contributed by atoms with Crippen molar-refractivity contribution in [2.24, 2.45) is 23.5 Å². The summed E-state index contributed by atoms with van der Waals surface area (Å²) in [6.07, 6.45) is 2.18. The van der Waals surface area contributed by atoms with Gasteiger partial charge in [0.15, 0.2) is 0 Å². The number of rotatable bonds is 5. The number of carbonyl (C=O) groups is 1. The van der Waals surface area contributed by atoms with Crippen molar-refractivity contribution in [2.45, 2.75) is 25.6 Å². The minimum Gasteiger partial charge on any atom is -0.481 e. The molecule has 1 saturated carbocycles. The number of aliphatic carboxylic acids is 1. The van der Waals surface area contributed by atoms with Gasteiger partial charge in [0.25, 0.3) is 0 Å². The molecule has 0 amide bonds. The summed E-state index contributed by atoms with van der Waals surface area (Å²) in [5.74, 6) is -0.636. The van der Waals surface area contributed by atoms with Crippen LogP contribution < -0.4 is 5.73 Å². The van der Waals surface area contributed by atoms with Crippen molar-refractivity contribution in [3.63, 3.8) is 0 Å². The molecule has 1 aliphatic rings. The van der Waals surface area contributed by atoms with Crippen LogP contribution in [0.4, 0.5) is 0 Å². The Morgan fingerprint density at radius 1 is 1.33 bits per heavy atom. The van der Waals surface area contributed by atoms with E-state index in [0.717, 1.165) is 0 Å². The third-order valence-corrected chi connectivity index (χ3v) is 3.29. The van der Waals surface area contributed by atoms with E-state index < -0.39 is 13.1 Å². The lowest BCUT2D eigenvalue weighted by molar-refractivity contribution is -0.141. The van der Waals surface area contributed by atoms with Crippen molar-refractivity contribution in [2.75, 3.05) is 6.54 Å². The lowest BCUT2D eigenvalue weighted by atomic mass is 9.78. The third-order valence-electron chi connectivity index (χ3n) is 3.29. The molecule has 6 heteroatoms. The Hall–Kier alpha value is -0.585. The van der Waals surface area contributed by atoms with Gasteiger partial charge in [-0.2, -0.15) is 0 Å². The highest BCUT2D eigenvalue weighted by atomic mass is 16.4. The summed E-state index contributed by atoms with van der Waals surface area (Å²) in [6, 6.07) is 0. The first-order valence-corrected chi connectivity index (χ1v) is 5.33. The molecular weight excluding hydrogens is 197 g/mol. The zero-order chi connectivity index (χ0) is 11.4. The molecule has 0 heterocycles. The summed E-state index contributed by atoms with van der Waals surface area (Å²) >= 11 is 0. The molecule has 0 saturated heterocycles. The second-order valence-corrected chi connectivity index (χ2v) is 4.32. The van der Waals surface area contributed by atoms with Crippen LogP contribution in [0.25, 0.3) is 0 Å². The molecule has 1 fully saturated rings. The normalized spacial score (nSPS) is 30.5. The van der Waals surface area contributed by atoms with Crippen LogP contribution in [0, 0.1) is 17.8 Å². The summed E-state index contributed by atoms with van der Waals surface area (Å²) in [7, 11) is -1.30. The lowest BCUT2D eigenvalue weighted by Gasteiger charge is -2.16. The van der Waals surface area contributed by atoms with E-state index in [9.17, 15) is 4.79 Å². The quantitative estimate of drug-likeness (QED) is 0.464. The lowest BCUT2D eigenvalue weighted by Crippen LogP contribution is -2.20. The van der Waals surface area contributed by atoms with E-state index in [0.29, 0.717) is 32.1 Å². The predicted molar refractivity (Wildman–Crippen MR) is 56.0 cm³/mol. The molecule has 15 heavy (non-hydrogen) atoms. The minimum absolute atomic E-state index is 0.213. The van der Waals surface area contributed by atoms with Crippen molar-refractivity contribution in [3.05, 3.63) is 0 Å². The zero-order valence-corrected chi connectivity index (χ0v) is 8.67. The van der Waals surface area contributed by atoms with Crippen molar-refractivity contribution in [3.8, 4) is 0 Å². The van der Waals surface area contributed by atoms with Gasteiger partial charge in [0.05, 0.1) is 5.92 Å². The molecule has 0 aliphatic heterocycles. The molecule has 0 radical (unpaired) electrons. The van der Waals surface area contributed by atoms with E-state index in [4.69, 9.17) is 20.9 Å². The van der Waals surface area contributed by atoms with Crippen LogP contribution in [0.2, 0.25) is 6.32 Å². The molecule has 5 N–H and O–H groups in total. The molecule has 0 unspecified atom stereocenters. The number of nitrogens with two attached hydrogens (primary N) is 1. The Bertz CT molecular complexity index is 224. The standard InChI is InChI=1S/C9H18BNO4/c11-5-8-4-7(9(12)13)3-6(8)1-2-10(14)15/h6-8,14-15H,1-5,11H2,(H,12,13)/t6-,7-,8+/m0/s1. The highest BCUT2D eigenvalue weighted by molar-refractivity contribution is 6.40. The van der Waals surface area contributed by atoms with Crippen LogP contribution >= 0.6 is 0 Å². The zero-order valence-electron chi connectivity index (χ0n) is 8.67. The van der Waals surface area contributed by atoms with Gasteiger partial charge in [0.1, 0.15) is 0 Å². The fourth-order valence-corrected chi connectivity index (χ4v) is 2.42. The molecule has 0 aromatic carbocycles. The Labute approximate surface area is 89.4 Å². The molecule has 0 aromatic heterocycles. The Balaban J connectivity index is 2.45. The molecule has 1 rings (SSSR count). The third kappa shape index (κ3) is 3.48. The van der Waals surface area contributed by atoms with Gasteiger partial charge in [-0.15, -0.1) is 0 Å². The maximum Gasteiger partial charge on any atom is 0.451 e. The van der Waals surface area contributed by atoms with Gasteiger partial charge in [-0.1, -0.05) is 6.42 Å². The summed E-state index contributed by atoms with van der Waals surface area (Å²) in [5.41, 5.74) is 5.58. The largest absolute Gasteiger partial charge is 0.481 e. The van der Waals surface area contributed by atoms with Gasteiger partial charge in [-0.25, -0.2) is 0 Å². The predicted octanol–water partition coefficient (Wildman–Crippen LogP) is -0.465. The molecular formula is C9H18BNO4. The van der Waals surface area contributed by atoms with Crippen molar-refractivity contribution >= 4 is 13.1 Å². The average molecular weight is 215 g/mol. The number of carboxylic acid groups (broad SMARTS) is 1. The molecule has 0 bridgehead atoms. The molecule has 0 aromatic rings. The van der Waals surface area contributed by atoms with Gasteiger partial charge in [-0.05, 0) is 37.5 Å². The van der Waals surface area contributed by atoms with Gasteiger partial charge < -0.3 is 20.9 Å². The fraction of sp³-hybridized carbons (Fsp3) is 0.889. The maximum absolute atomic E-state index is 10.8. The average Bonchev–Trinajstić information content (AvgIpc) is 2.57. The van der Waals surface area contributed by atoms with Gasteiger partial charge in [-0.3, -0.25) is 4.79 Å². The summed E-state index contributed by atoms with van der Waals surface area (Å²) in [5, 5.41) is 26.4. The molecule has 3 atom stereocenters. The SMILES string of the molecule is NC[C@H]1C[C@@H](C(=O)O)C[C@@H]1CCB(O)O. The topological polar surface area (TPSA) is 104 Å². The van der Waals surface area contributed by atoms with E-state index in [-0.39, 0.29) is 17.8 Å². The van der Waals surface area contributed by atoms with Crippen LogP contribution in [0.15, 0.2) is 0 Å². The van der Waals surface area contributed by atoms with Crippen LogP contribution in [-0.4, -0.2) is 34.8 Å². The summed E-state index contributed by atoms with van der Waals surface area (Å²) in [6.45, 7) is 0.482. The number of carboxylic acids is 1. The first kappa shape index (κ1) is 12.5. The fourth-order valence-electron chi connectivity index (χ4n) is 2.42. The Morgan fingerprint density at radius 2 is 1.93 bits per heavy atom. The highest BCUT2D eigenvalue weighted by Gasteiger charge is 2.37. The molecule has 5 nitrogen and oxygen atoms in total. The van der Waals surface area contributed by atoms with Gasteiger partial charge in [0.2, 0.25) is 0 Å². The second kappa shape index (κ2) is 5.49. The molecule has 1 aliphatic carbocycles. The van der Waals surface area contributed by atoms with E-state index in [1.807, 2.05) is 0 Å². The molecule has 0 spiro atoms. The van der Waals surface area contributed by atoms with Crippen LogP contribution in [0.5, 0.6) is 0 Å². The van der Waals surface area contributed by atoms with Gasteiger partial charge in [0, 0.05) is 0 Å². The Kier molecular flexibility index (Phi) is 4.57. The van der Waals surface area contributed by atoms with Crippen molar-refractivity contribution < 1.29 is 19.9 Å². The van der Waals surface area contributed by atoms with E-state index in [1.165, 1.54) is 0 Å². The monoisotopic (exact) mass is 215 g/mol.